The van der Waals surface area contributed by atoms with Crippen molar-refractivity contribution in [2.45, 2.75) is 59.1 Å². The zero-order valence-electron chi connectivity index (χ0n) is 12.7. The van der Waals surface area contributed by atoms with Crippen molar-refractivity contribution >= 4 is 0 Å². The lowest BCUT2D eigenvalue weighted by atomic mass is 9.98. The number of rotatable bonds is 8. The van der Waals surface area contributed by atoms with Crippen LogP contribution in [0.3, 0.4) is 0 Å². The fraction of sp³-hybridized carbons (Fsp3) is 1.00. The van der Waals surface area contributed by atoms with Gasteiger partial charge in [-0.1, -0.05) is 20.8 Å². The summed E-state index contributed by atoms with van der Waals surface area (Å²) in [5.74, 6) is 0.703. The van der Waals surface area contributed by atoms with Crippen LogP contribution < -0.4 is 5.32 Å². The maximum Gasteiger partial charge on any atom is 0.0702 e. The van der Waals surface area contributed by atoms with Gasteiger partial charge < -0.3 is 10.1 Å². The van der Waals surface area contributed by atoms with Crippen LogP contribution in [-0.4, -0.2) is 49.8 Å². The minimum Gasteiger partial charge on any atom is -0.377 e. The van der Waals surface area contributed by atoms with Gasteiger partial charge >= 0.3 is 0 Å². The Bertz CT molecular complexity index is 207. The average Bonchev–Trinajstić information content (AvgIpc) is 2.35. The fourth-order valence-corrected chi connectivity index (χ4v) is 2.85. The molecule has 1 aliphatic rings. The molecule has 3 heteroatoms. The third-order valence-electron chi connectivity index (χ3n) is 3.83. The molecular formula is C15H32N2O. The van der Waals surface area contributed by atoms with Gasteiger partial charge in [-0.3, -0.25) is 4.90 Å². The number of likely N-dealkylation sites (tertiary alicyclic amines) is 1. The molecule has 2 atom stereocenters. The van der Waals surface area contributed by atoms with E-state index in [1.165, 1.54) is 25.8 Å². The van der Waals surface area contributed by atoms with Crippen LogP contribution in [0, 0.1) is 5.92 Å². The zero-order valence-corrected chi connectivity index (χ0v) is 12.7. The number of hydrogen-bond donors (Lipinski definition) is 1. The van der Waals surface area contributed by atoms with E-state index in [0.717, 1.165) is 26.2 Å². The molecule has 1 aliphatic heterocycles. The molecule has 1 rings (SSSR count). The molecular weight excluding hydrogens is 224 g/mol. The van der Waals surface area contributed by atoms with E-state index < -0.39 is 0 Å². The highest BCUT2D eigenvalue weighted by molar-refractivity contribution is 4.83. The van der Waals surface area contributed by atoms with Gasteiger partial charge in [0.25, 0.3) is 0 Å². The molecule has 1 heterocycles. The van der Waals surface area contributed by atoms with Crippen LogP contribution in [0.1, 0.15) is 47.0 Å². The maximum atomic E-state index is 5.81. The topological polar surface area (TPSA) is 24.5 Å². The van der Waals surface area contributed by atoms with Gasteiger partial charge in [0.2, 0.25) is 0 Å². The molecule has 0 bridgehead atoms. The third kappa shape index (κ3) is 5.25. The molecule has 3 nitrogen and oxygen atoms in total. The molecule has 0 saturated carbocycles. The van der Waals surface area contributed by atoms with Gasteiger partial charge in [0.05, 0.1) is 6.10 Å². The van der Waals surface area contributed by atoms with E-state index in [0.29, 0.717) is 18.1 Å². The summed E-state index contributed by atoms with van der Waals surface area (Å²) in [5, 5.41) is 3.58. The lowest BCUT2D eigenvalue weighted by Crippen LogP contribution is -2.51. The van der Waals surface area contributed by atoms with Crippen molar-refractivity contribution < 1.29 is 4.74 Å². The smallest absolute Gasteiger partial charge is 0.0702 e. The lowest BCUT2D eigenvalue weighted by Gasteiger charge is -2.40. The SMILES string of the molecule is CCCNCC(C(C)C)N1CCCC(OCC)C1. The predicted octanol–water partition coefficient (Wildman–Crippen LogP) is 2.51. The average molecular weight is 256 g/mol. The van der Waals surface area contributed by atoms with E-state index in [4.69, 9.17) is 4.74 Å². The Balaban J connectivity index is 2.45. The lowest BCUT2D eigenvalue weighted by molar-refractivity contribution is -0.0137. The molecule has 0 aromatic heterocycles. The summed E-state index contributed by atoms with van der Waals surface area (Å²) >= 11 is 0. The Morgan fingerprint density at radius 3 is 2.72 bits per heavy atom. The zero-order chi connectivity index (χ0) is 13.4. The predicted molar refractivity (Wildman–Crippen MR) is 78.0 cm³/mol. The van der Waals surface area contributed by atoms with Crippen molar-refractivity contribution in [1.82, 2.24) is 10.2 Å². The largest absolute Gasteiger partial charge is 0.377 e. The van der Waals surface area contributed by atoms with Crippen molar-refractivity contribution in [3.8, 4) is 0 Å². The van der Waals surface area contributed by atoms with Crippen molar-refractivity contribution in [2.24, 2.45) is 5.92 Å². The standard InChI is InChI=1S/C15H32N2O/c1-5-9-16-11-15(13(3)4)17-10-7-8-14(12-17)18-6-2/h13-16H,5-12H2,1-4H3. The minimum atomic E-state index is 0.455. The highest BCUT2D eigenvalue weighted by Gasteiger charge is 2.27. The van der Waals surface area contributed by atoms with Gasteiger partial charge in [-0.15, -0.1) is 0 Å². The van der Waals surface area contributed by atoms with Gasteiger partial charge in [-0.05, 0) is 45.2 Å². The van der Waals surface area contributed by atoms with Crippen molar-refractivity contribution in [1.29, 1.82) is 0 Å². The Hall–Kier alpha value is -0.120. The van der Waals surface area contributed by atoms with Gasteiger partial charge in [0.15, 0.2) is 0 Å². The summed E-state index contributed by atoms with van der Waals surface area (Å²) in [6.45, 7) is 14.4. The van der Waals surface area contributed by atoms with E-state index in [9.17, 15) is 0 Å². The van der Waals surface area contributed by atoms with E-state index in [1.54, 1.807) is 0 Å². The molecule has 2 unspecified atom stereocenters. The number of nitrogens with zero attached hydrogens (tertiary/aromatic N) is 1. The minimum absolute atomic E-state index is 0.455. The number of hydrogen-bond acceptors (Lipinski definition) is 3. The molecule has 0 aromatic carbocycles. The summed E-state index contributed by atoms with van der Waals surface area (Å²) < 4.78 is 5.81. The van der Waals surface area contributed by atoms with Gasteiger partial charge in [-0.25, -0.2) is 0 Å². The van der Waals surface area contributed by atoms with Crippen molar-refractivity contribution in [3.63, 3.8) is 0 Å². The van der Waals surface area contributed by atoms with Crippen LogP contribution in [0.2, 0.25) is 0 Å². The van der Waals surface area contributed by atoms with Crippen LogP contribution in [0.5, 0.6) is 0 Å². The van der Waals surface area contributed by atoms with Crippen LogP contribution in [-0.2, 0) is 4.74 Å². The molecule has 18 heavy (non-hydrogen) atoms. The first-order valence-electron chi connectivity index (χ1n) is 7.75. The van der Waals surface area contributed by atoms with Crippen LogP contribution >= 0.6 is 0 Å². The van der Waals surface area contributed by atoms with Crippen molar-refractivity contribution in [2.75, 3.05) is 32.8 Å². The summed E-state index contributed by atoms with van der Waals surface area (Å²) in [7, 11) is 0. The van der Waals surface area contributed by atoms with E-state index >= 15 is 0 Å². The highest BCUT2D eigenvalue weighted by Crippen LogP contribution is 2.19. The summed E-state index contributed by atoms with van der Waals surface area (Å²) in [4.78, 5) is 2.64. The molecule has 0 spiro atoms. The van der Waals surface area contributed by atoms with Crippen LogP contribution in [0.4, 0.5) is 0 Å². The van der Waals surface area contributed by atoms with E-state index in [-0.39, 0.29) is 0 Å². The first-order chi connectivity index (χ1) is 8.69. The van der Waals surface area contributed by atoms with Gasteiger partial charge in [0.1, 0.15) is 0 Å². The number of nitrogens with one attached hydrogen (secondary N) is 1. The fourth-order valence-electron chi connectivity index (χ4n) is 2.85. The molecule has 0 aliphatic carbocycles. The molecule has 0 amide bonds. The molecule has 0 aromatic rings. The van der Waals surface area contributed by atoms with Crippen LogP contribution in [0.15, 0.2) is 0 Å². The van der Waals surface area contributed by atoms with E-state index in [2.05, 4.69) is 37.9 Å². The maximum absolute atomic E-state index is 5.81. The van der Waals surface area contributed by atoms with Crippen LogP contribution in [0.25, 0.3) is 0 Å². The third-order valence-corrected chi connectivity index (χ3v) is 3.83. The second-order valence-electron chi connectivity index (χ2n) is 5.73. The summed E-state index contributed by atoms with van der Waals surface area (Å²) in [6, 6.07) is 0.653. The normalized spacial score (nSPS) is 23.5. The number of piperidine rings is 1. The second kappa shape index (κ2) is 8.89. The van der Waals surface area contributed by atoms with Gasteiger partial charge in [-0.2, -0.15) is 0 Å². The second-order valence-corrected chi connectivity index (χ2v) is 5.73. The first-order valence-corrected chi connectivity index (χ1v) is 7.75. The van der Waals surface area contributed by atoms with E-state index in [1.807, 2.05) is 0 Å². The van der Waals surface area contributed by atoms with Gasteiger partial charge in [0, 0.05) is 25.7 Å². The highest BCUT2D eigenvalue weighted by atomic mass is 16.5. The first kappa shape index (κ1) is 15.9. The Morgan fingerprint density at radius 1 is 1.33 bits per heavy atom. The summed E-state index contributed by atoms with van der Waals surface area (Å²) in [5.41, 5.74) is 0. The Morgan fingerprint density at radius 2 is 2.11 bits per heavy atom. The molecule has 1 saturated heterocycles. The summed E-state index contributed by atoms with van der Waals surface area (Å²) in [6.07, 6.45) is 4.18. The molecule has 1 N–H and O–H groups in total. The monoisotopic (exact) mass is 256 g/mol. The Kier molecular flexibility index (Phi) is 7.87. The molecule has 108 valence electrons. The Labute approximate surface area is 113 Å². The molecule has 1 fully saturated rings. The quantitative estimate of drug-likeness (QED) is 0.675. The van der Waals surface area contributed by atoms with Crippen molar-refractivity contribution in [3.05, 3.63) is 0 Å². The number of ether oxygens (including phenoxy) is 1. The molecule has 0 radical (unpaired) electrons.